The van der Waals surface area contributed by atoms with E-state index in [1.807, 2.05) is 29.6 Å². The number of benzene rings is 1. The molecule has 3 rings (SSSR count). The molecule has 0 aliphatic carbocycles. The van der Waals surface area contributed by atoms with Crippen LogP contribution in [-0.2, 0) is 17.6 Å². The Morgan fingerprint density at radius 2 is 2.17 bits per heavy atom. The number of hydrogen-bond donors (Lipinski definition) is 3. The third-order valence-electron chi connectivity index (χ3n) is 3.72. The minimum atomic E-state index is -0.209. The highest BCUT2D eigenvalue weighted by atomic mass is 32.1. The lowest BCUT2D eigenvalue weighted by molar-refractivity contribution is -0.116. The van der Waals surface area contributed by atoms with E-state index in [0.29, 0.717) is 13.0 Å². The Balaban J connectivity index is 1.54. The monoisotopic (exact) mass is 329 g/mol. The quantitative estimate of drug-likeness (QED) is 0.805. The van der Waals surface area contributed by atoms with Gasteiger partial charge >= 0.3 is 6.03 Å². The van der Waals surface area contributed by atoms with Gasteiger partial charge in [0.15, 0.2) is 0 Å². The first-order chi connectivity index (χ1) is 11.2. The molecule has 0 saturated carbocycles. The molecule has 0 atom stereocenters. The topological polar surface area (TPSA) is 70.2 Å². The van der Waals surface area contributed by atoms with Crippen molar-refractivity contribution in [1.29, 1.82) is 0 Å². The van der Waals surface area contributed by atoms with Gasteiger partial charge in [-0.25, -0.2) is 4.79 Å². The molecule has 0 fully saturated rings. The zero-order valence-electron chi connectivity index (χ0n) is 12.7. The van der Waals surface area contributed by atoms with Crippen molar-refractivity contribution < 1.29 is 9.59 Å². The van der Waals surface area contributed by atoms with Gasteiger partial charge in [-0.05, 0) is 54.5 Å². The number of aryl methyl sites for hydroxylation is 1. The van der Waals surface area contributed by atoms with Gasteiger partial charge in [-0.2, -0.15) is 0 Å². The van der Waals surface area contributed by atoms with Crippen LogP contribution in [0.2, 0.25) is 0 Å². The van der Waals surface area contributed by atoms with Crippen LogP contribution in [0, 0.1) is 0 Å². The summed E-state index contributed by atoms with van der Waals surface area (Å²) in [5.41, 5.74) is 2.65. The van der Waals surface area contributed by atoms with Crippen LogP contribution in [0.4, 0.5) is 16.2 Å². The van der Waals surface area contributed by atoms with Gasteiger partial charge in [0.2, 0.25) is 5.91 Å². The van der Waals surface area contributed by atoms with Crippen molar-refractivity contribution in [3.8, 4) is 0 Å². The molecule has 0 unspecified atom stereocenters. The molecule has 2 aromatic rings. The maximum Gasteiger partial charge on any atom is 0.319 e. The van der Waals surface area contributed by atoms with Crippen LogP contribution in [-0.4, -0.2) is 18.5 Å². The number of anilines is 2. The molecular formula is C17H19N3O2S. The number of thiophene rings is 1. The summed E-state index contributed by atoms with van der Waals surface area (Å²) >= 11 is 1.69. The molecule has 0 spiro atoms. The minimum Gasteiger partial charge on any atom is -0.338 e. The fourth-order valence-corrected chi connectivity index (χ4v) is 3.29. The minimum absolute atomic E-state index is 0.0516. The highest BCUT2D eigenvalue weighted by Crippen LogP contribution is 2.25. The van der Waals surface area contributed by atoms with E-state index in [2.05, 4.69) is 22.0 Å². The lowest BCUT2D eigenvalue weighted by Crippen LogP contribution is -2.30. The standard InChI is InChI=1S/C17H19N3O2S/c21-16-5-1-3-12-11-13(6-7-15(12)20-16)19-17(22)18-9-8-14-4-2-10-23-14/h2,4,6-7,10-11H,1,3,5,8-9H2,(H,20,21)(H2,18,19,22). The van der Waals surface area contributed by atoms with Gasteiger partial charge in [0.1, 0.15) is 0 Å². The summed E-state index contributed by atoms with van der Waals surface area (Å²) in [7, 11) is 0. The van der Waals surface area contributed by atoms with Crippen LogP contribution < -0.4 is 16.0 Å². The Morgan fingerprint density at radius 1 is 1.26 bits per heavy atom. The number of rotatable bonds is 4. The first kappa shape index (κ1) is 15.6. The zero-order valence-corrected chi connectivity index (χ0v) is 13.5. The van der Waals surface area contributed by atoms with Crippen LogP contribution >= 0.6 is 11.3 Å². The van der Waals surface area contributed by atoms with Crippen molar-refractivity contribution in [3.63, 3.8) is 0 Å². The van der Waals surface area contributed by atoms with E-state index in [0.717, 1.165) is 36.2 Å². The van der Waals surface area contributed by atoms with Gasteiger partial charge in [0.05, 0.1) is 0 Å². The molecule has 3 N–H and O–H groups in total. The molecule has 0 bridgehead atoms. The summed E-state index contributed by atoms with van der Waals surface area (Å²) in [5, 5.41) is 10.6. The van der Waals surface area contributed by atoms with E-state index in [1.54, 1.807) is 11.3 Å². The maximum atomic E-state index is 11.9. The maximum absolute atomic E-state index is 11.9. The Hall–Kier alpha value is -2.34. The Kier molecular flexibility index (Phi) is 4.92. The number of urea groups is 1. The second kappa shape index (κ2) is 7.28. The van der Waals surface area contributed by atoms with E-state index < -0.39 is 0 Å². The summed E-state index contributed by atoms with van der Waals surface area (Å²) in [5.74, 6) is 0.0516. The Bertz CT molecular complexity index is 698. The van der Waals surface area contributed by atoms with Crippen LogP contribution in [0.1, 0.15) is 23.3 Å². The lowest BCUT2D eigenvalue weighted by atomic mass is 10.1. The SMILES string of the molecule is O=C1CCCc2cc(NC(=O)NCCc3cccs3)ccc2N1. The van der Waals surface area contributed by atoms with Crippen LogP contribution in [0.5, 0.6) is 0 Å². The second-order valence-corrected chi connectivity index (χ2v) is 6.52. The molecule has 120 valence electrons. The van der Waals surface area contributed by atoms with Crippen molar-refractivity contribution in [2.75, 3.05) is 17.2 Å². The molecule has 5 nitrogen and oxygen atoms in total. The number of carbonyl (C=O) groups excluding carboxylic acids is 2. The average Bonchev–Trinajstić information content (AvgIpc) is 2.96. The molecule has 0 saturated heterocycles. The van der Waals surface area contributed by atoms with Gasteiger partial charge in [-0.1, -0.05) is 6.07 Å². The largest absolute Gasteiger partial charge is 0.338 e. The molecule has 3 amide bonds. The predicted molar refractivity (Wildman–Crippen MR) is 93.1 cm³/mol. The van der Waals surface area contributed by atoms with Gasteiger partial charge in [0, 0.05) is 29.2 Å². The van der Waals surface area contributed by atoms with Crippen molar-refractivity contribution in [1.82, 2.24) is 5.32 Å². The molecule has 23 heavy (non-hydrogen) atoms. The van der Waals surface area contributed by atoms with E-state index in [4.69, 9.17) is 0 Å². The highest BCUT2D eigenvalue weighted by molar-refractivity contribution is 7.09. The predicted octanol–water partition coefficient (Wildman–Crippen LogP) is 3.39. The van der Waals surface area contributed by atoms with Gasteiger partial charge in [0.25, 0.3) is 0 Å². The summed E-state index contributed by atoms with van der Waals surface area (Å²) < 4.78 is 0. The highest BCUT2D eigenvalue weighted by Gasteiger charge is 2.13. The molecule has 1 aromatic heterocycles. The first-order valence-electron chi connectivity index (χ1n) is 7.71. The Morgan fingerprint density at radius 3 is 3.00 bits per heavy atom. The van der Waals surface area contributed by atoms with E-state index in [9.17, 15) is 9.59 Å². The number of carbonyl (C=O) groups is 2. The van der Waals surface area contributed by atoms with Crippen molar-refractivity contribution in [3.05, 3.63) is 46.2 Å². The Labute approximate surface area is 139 Å². The lowest BCUT2D eigenvalue weighted by Gasteiger charge is -2.11. The summed E-state index contributed by atoms with van der Waals surface area (Å²) in [6, 6.07) is 9.45. The normalized spacial score (nSPS) is 13.7. The van der Waals surface area contributed by atoms with Crippen LogP contribution in [0.3, 0.4) is 0 Å². The van der Waals surface area contributed by atoms with Crippen molar-refractivity contribution in [2.24, 2.45) is 0 Å². The molecular weight excluding hydrogens is 310 g/mol. The smallest absolute Gasteiger partial charge is 0.319 e. The second-order valence-electron chi connectivity index (χ2n) is 5.48. The number of fused-ring (bicyclic) bond motifs is 1. The molecule has 1 aliphatic rings. The first-order valence-corrected chi connectivity index (χ1v) is 8.59. The number of nitrogens with one attached hydrogen (secondary N) is 3. The molecule has 2 heterocycles. The molecule has 0 radical (unpaired) electrons. The zero-order chi connectivity index (χ0) is 16.1. The van der Waals surface area contributed by atoms with Gasteiger partial charge in [-0.3, -0.25) is 4.79 Å². The molecule has 6 heteroatoms. The summed E-state index contributed by atoms with van der Waals surface area (Å²) in [6.45, 7) is 0.605. The van der Waals surface area contributed by atoms with Crippen LogP contribution in [0.25, 0.3) is 0 Å². The fraction of sp³-hybridized carbons (Fsp3) is 0.294. The molecule has 1 aromatic carbocycles. The number of amides is 3. The van der Waals surface area contributed by atoms with E-state index >= 15 is 0 Å². The van der Waals surface area contributed by atoms with E-state index in [1.165, 1.54) is 4.88 Å². The van der Waals surface area contributed by atoms with Crippen molar-refractivity contribution in [2.45, 2.75) is 25.7 Å². The third-order valence-corrected chi connectivity index (χ3v) is 4.66. The van der Waals surface area contributed by atoms with Gasteiger partial charge < -0.3 is 16.0 Å². The fourth-order valence-electron chi connectivity index (χ4n) is 2.58. The van der Waals surface area contributed by atoms with Crippen molar-refractivity contribution >= 4 is 34.6 Å². The van der Waals surface area contributed by atoms with E-state index in [-0.39, 0.29) is 11.9 Å². The average molecular weight is 329 g/mol. The molecule has 1 aliphatic heterocycles. The van der Waals surface area contributed by atoms with Crippen LogP contribution in [0.15, 0.2) is 35.7 Å². The third kappa shape index (κ3) is 4.32. The summed E-state index contributed by atoms with van der Waals surface area (Å²) in [6.07, 6.45) is 3.04. The number of hydrogen-bond acceptors (Lipinski definition) is 3. The van der Waals surface area contributed by atoms with Gasteiger partial charge in [-0.15, -0.1) is 11.3 Å². The summed E-state index contributed by atoms with van der Waals surface area (Å²) in [4.78, 5) is 24.7.